The molecule has 0 spiro atoms. The Morgan fingerprint density at radius 1 is 0.842 bits per heavy atom. The lowest BCUT2D eigenvalue weighted by molar-refractivity contribution is 1.26. The highest BCUT2D eigenvalue weighted by Gasteiger charge is 2.08. The molecule has 0 unspecified atom stereocenters. The van der Waals surface area contributed by atoms with Crippen molar-refractivity contribution >= 4 is 34.1 Å². The summed E-state index contributed by atoms with van der Waals surface area (Å²) < 4.78 is 0. The third kappa shape index (κ3) is 2.32. The lowest BCUT2D eigenvalue weighted by Crippen LogP contribution is -1.88. The summed E-state index contributed by atoms with van der Waals surface area (Å²) in [5.74, 6) is 0. The first kappa shape index (κ1) is 12.5. The van der Waals surface area contributed by atoms with Crippen molar-refractivity contribution in [1.29, 1.82) is 0 Å². The SMILES string of the molecule is Cc1ccc2c(Cl)ccc(-c3ccc(Cl)cc3)c2n1. The smallest absolute Gasteiger partial charge is 0.0798 e. The molecule has 1 nitrogen and oxygen atoms in total. The van der Waals surface area contributed by atoms with Gasteiger partial charge in [0.25, 0.3) is 0 Å². The third-order valence-electron chi connectivity index (χ3n) is 3.10. The van der Waals surface area contributed by atoms with Crippen LogP contribution in [0.15, 0.2) is 48.5 Å². The molecule has 1 heterocycles. The van der Waals surface area contributed by atoms with E-state index in [0.717, 1.165) is 37.8 Å². The van der Waals surface area contributed by atoms with Gasteiger partial charge in [0.2, 0.25) is 0 Å². The molecule has 0 N–H and O–H groups in total. The van der Waals surface area contributed by atoms with Gasteiger partial charge in [0, 0.05) is 21.7 Å². The summed E-state index contributed by atoms with van der Waals surface area (Å²) >= 11 is 12.2. The molecule has 0 saturated heterocycles. The molecule has 0 aliphatic heterocycles. The van der Waals surface area contributed by atoms with Crippen LogP contribution in [0.1, 0.15) is 5.69 Å². The van der Waals surface area contributed by atoms with E-state index in [4.69, 9.17) is 23.2 Å². The Kier molecular flexibility index (Phi) is 3.17. The number of hydrogen-bond donors (Lipinski definition) is 0. The highest BCUT2D eigenvalue weighted by Crippen LogP contribution is 2.32. The molecule has 3 rings (SSSR count). The highest BCUT2D eigenvalue weighted by molar-refractivity contribution is 6.35. The van der Waals surface area contributed by atoms with E-state index in [0.29, 0.717) is 0 Å². The van der Waals surface area contributed by atoms with Crippen LogP contribution in [-0.2, 0) is 0 Å². The van der Waals surface area contributed by atoms with E-state index in [-0.39, 0.29) is 0 Å². The molecule has 0 amide bonds. The van der Waals surface area contributed by atoms with E-state index >= 15 is 0 Å². The zero-order valence-electron chi connectivity index (χ0n) is 10.3. The number of benzene rings is 2. The van der Waals surface area contributed by atoms with Crippen LogP contribution >= 0.6 is 23.2 Å². The van der Waals surface area contributed by atoms with E-state index in [9.17, 15) is 0 Å². The van der Waals surface area contributed by atoms with E-state index in [1.165, 1.54) is 0 Å². The van der Waals surface area contributed by atoms with Gasteiger partial charge in [0.1, 0.15) is 0 Å². The summed E-state index contributed by atoms with van der Waals surface area (Å²) in [5.41, 5.74) is 4.06. The number of aryl methyl sites for hydroxylation is 1. The lowest BCUT2D eigenvalue weighted by Gasteiger charge is -2.08. The van der Waals surface area contributed by atoms with E-state index in [2.05, 4.69) is 4.98 Å². The number of fused-ring (bicyclic) bond motifs is 1. The van der Waals surface area contributed by atoms with E-state index in [1.807, 2.05) is 55.5 Å². The average molecular weight is 288 g/mol. The molecular weight excluding hydrogens is 277 g/mol. The molecule has 0 saturated carbocycles. The normalized spacial score (nSPS) is 10.9. The second-order valence-corrected chi connectivity index (χ2v) is 5.29. The molecule has 1 aromatic heterocycles. The largest absolute Gasteiger partial charge is 0.252 e. The first-order valence-electron chi connectivity index (χ1n) is 5.97. The fraction of sp³-hybridized carbons (Fsp3) is 0.0625. The van der Waals surface area contributed by atoms with Crippen LogP contribution in [0.4, 0.5) is 0 Å². The predicted octanol–water partition coefficient (Wildman–Crippen LogP) is 5.52. The van der Waals surface area contributed by atoms with E-state index in [1.54, 1.807) is 0 Å². The first-order chi connectivity index (χ1) is 9.15. The standard InChI is InChI=1S/C16H11Cl2N/c1-10-2-7-14-15(18)9-8-13(16(14)19-10)11-3-5-12(17)6-4-11/h2-9H,1H3. The number of pyridine rings is 1. The van der Waals surface area contributed by atoms with Crippen molar-refractivity contribution in [1.82, 2.24) is 4.98 Å². The van der Waals surface area contributed by atoms with Crippen molar-refractivity contribution in [2.24, 2.45) is 0 Å². The number of hydrogen-bond acceptors (Lipinski definition) is 1. The molecule has 0 radical (unpaired) electrons. The Bertz CT molecular complexity index is 749. The van der Waals surface area contributed by atoms with Gasteiger partial charge in [-0.05, 0) is 42.8 Å². The van der Waals surface area contributed by atoms with Crippen LogP contribution in [0, 0.1) is 6.92 Å². The van der Waals surface area contributed by atoms with Gasteiger partial charge in [-0.25, -0.2) is 0 Å². The maximum Gasteiger partial charge on any atom is 0.0798 e. The lowest BCUT2D eigenvalue weighted by atomic mass is 10.0. The van der Waals surface area contributed by atoms with E-state index < -0.39 is 0 Å². The predicted molar refractivity (Wildman–Crippen MR) is 81.9 cm³/mol. The number of nitrogens with zero attached hydrogens (tertiary/aromatic N) is 1. The van der Waals surface area contributed by atoms with Crippen molar-refractivity contribution in [3.8, 4) is 11.1 Å². The minimum absolute atomic E-state index is 0.722. The molecule has 0 fully saturated rings. The van der Waals surface area contributed by atoms with Crippen molar-refractivity contribution in [2.45, 2.75) is 6.92 Å². The minimum atomic E-state index is 0.722. The van der Waals surface area contributed by atoms with Crippen LogP contribution in [0.2, 0.25) is 10.0 Å². The van der Waals surface area contributed by atoms with Gasteiger partial charge >= 0.3 is 0 Å². The molecule has 0 bridgehead atoms. The van der Waals surface area contributed by atoms with Gasteiger partial charge in [0.15, 0.2) is 0 Å². The summed E-state index contributed by atoms with van der Waals surface area (Å²) in [5, 5.41) is 2.42. The molecule has 0 aliphatic carbocycles. The summed E-state index contributed by atoms with van der Waals surface area (Å²) in [4.78, 5) is 4.62. The topological polar surface area (TPSA) is 12.9 Å². The maximum atomic E-state index is 6.23. The van der Waals surface area contributed by atoms with Gasteiger partial charge in [-0.2, -0.15) is 0 Å². The summed E-state index contributed by atoms with van der Waals surface area (Å²) in [6.07, 6.45) is 0. The Morgan fingerprint density at radius 3 is 2.32 bits per heavy atom. The Balaban J connectivity index is 2.32. The van der Waals surface area contributed by atoms with Crippen LogP contribution in [0.25, 0.3) is 22.0 Å². The van der Waals surface area contributed by atoms with Crippen molar-refractivity contribution in [3.63, 3.8) is 0 Å². The quantitative estimate of drug-likeness (QED) is 0.574. The molecule has 0 aliphatic rings. The second kappa shape index (κ2) is 4.84. The number of aromatic nitrogens is 1. The highest BCUT2D eigenvalue weighted by atomic mass is 35.5. The van der Waals surface area contributed by atoms with Crippen molar-refractivity contribution in [2.75, 3.05) is 0 Å². The Labute approximate surface area is 121 Å². The fourth-order valence-corrected chi connectivity index (χ4v) is 2.48. The van der Waals surface area contributed by atoms with Gasteiger partial charge < -0.3 is 0 Å². The third-order valence-corrected chi connectivity index (χ3v) is 3.68. The average Bonchev–Trinajstić information content (AvgIpc) is 2.40. The van der Waals surface area contributed by atoms with Gasteiger partial charge in [0.05, 0.1) is 10.5 Å². The van der Waals surface area contributed by atoms with Crippen LogP contribution in [0.5, 0.6) is 0 Å². The monoisotopic (exact) mass is 287 g/mol. The Hall–Kier alpha value is -1.57. The molecule has 19 heavy (non-hydrogen) atoms. The zero-order chi connectivity index (χ0) is 13.4. The van der Waals surface area contributed by atoms with Gasteiger partial charge in [-0.3, -0.25) is 4.98 Å². The second-order valence-electron chi connectivity index (χ2n) is 4.45. The van der Waals surface area contributed by atoms with Gasteiger partial charge in [-0.1, -0.05) is 41.4 Å². The van der Waals surface area contributed by atoms with Gasteiger partial charge in [-0.15, -0.1) is 0 Å². The molecule has 94 valence electrons. The zero-order valence-corrected chi connectivity index (χ0v) is 11.8. The first-order valence-corrected chi connectivity index (χ1v) is 6.72. The fourth-order valence-electron chi connectivity index (χ4n) is 2.14. The summed E-state index contributed by atoms with van der Waals surface area (Å²) in [7, 11) is 0. The van der Waals surface area contributed by atoms with Crippen molar-refractivity contribution < 1.29 is 0 Å². The molecule has 3 aromatic rings. The molecule has 3 heteroatoms. The van der Waals surface area contributed by atoms with Crippen LogP contribution in [-0.4, -0.2) is 4.98 Å². The maximum absolute atomic E-state index is 6.23. The Morgan fingerprint density at radius 2 is 1.58 bits per heavy atom. The summed E-state index contributed by atoms with van der Waals surface area (Å²) in [6.45, 7) is 1.98. The minimum Gasteiger partial charge on any atom is -0.252 e. The molecule has 0 atom stereocenters. The molecular formula is C16H11Cl2N. The number of halogens is 2. The van der Waals surface area contributed by atoms with Crippen LogP contribution in [0.3, 0.4) is 0 Å². The summed E-state index contributed by atoms with van der Waals surface area (Å²) in [6, 6.07) is 15.6. The molecule has 2 aromatic carbocycles. The number of rotatable bonds is 1. The van der Waals surface area contributed by atoms with Crippen LogP contribution < -0.4 is 0 Å². The van der Waals surface area contributed by atoms with Crippen molar-refractivity contribution in [3.05, 3.63) is 64.3 Å².